The van der Waals surface area contributed by atoms with Gasteiger partial charge >= 0.3 is 0 Å². The number of methoxy groups -OCH3 is 1. The number of ether oxygens (including phenoxy) is 1. The molecule has 2 aromatic carbocycles. The molecule has 0 saturated carbocycles. The first kappa shape index (κ1) is 20.4. The lowest BCUT2D eigenvalue weighted by molar-refractivity contribution is 0.0408. The number of rotatable bonds is 7. The van der Waals surface area contributed by atoms with Crippen LogP contribution in [-0.2, 0) is 11.4 Å². The lowest BCUT2D eigenvalue weighted by atomic mass is 10.0. The number of amides is 1. The third-order valence-corrected chi connectivity index (χ3v) is 5.95. The van der Waals surface area contributed by atoms with E-state index in [4.69, 9.17) is 21.2 Å². The Labute approximate surface area is 184 Å². The smallest absolute Gasteiger partial charge is 0.264 e. The van der Waals surface area contributed by atoms with Gasteiger partial charge in [-0.1, -0.05) is 47.1 Å². The van der Waals surface area contributed by atoms with Gasteiger partial charge in [-0.25, -0.2) is 0 Å². The predicted molar refractivity (Wildman–Crippen MR) is 120 cm³/mol. The van der Waals surface area contributed by atoms with Crippen LogP contribution in [-0.4, -0.2) is 36.3 Å². The highest BCUT2D eigenvalue weighted by atomic mass is 35.5. The van der Waals surface area contributed by atoms with Gasteiger partial charge in [-0.3, -0.25) is 4.79 Å². The van der Waals surface area contributed by atoms with E-state index in [2.05, 4.69) is 5.16 Å². The standard InChI is InChI=1S/C23H21ClN2O3S/c1-28-21-9-3-2-8-19(21)20-13-18(29-25-20)15-26(23(27)22-10-5-11-30-22)14-16-6-4-7-17(24)12-16/h2-12,18H,13-15H2,1H3. The second-order valence-corrected chi connectivity index (χ2v) is 8.35. The van der Waals surface area contributed by atoms with Gasteiger partial charge in [0.15, 0.2) is 6.10 Å². The Hall–Kier alpha value is -2.83. The molecule has 3 aromatic rings. The molecule has 1 unspecified atom stereocenters. The van der Waals surface area contributed by atoms with Crippen molar-refractivity contribution in [1.29, 1.82) is 0 Å². The van der Waals surface area contributed by atoms with Crippen molar-refractivity contribution in [3.05, 3.63) is 87.1 Å². The molecule has 4 rings (SSSR count). The van der Waals surface area contributed by atoms with Gasteiger partial charge in [-0.2, -0.15) is 0 Å². The molecular weight excluding hydrogens is 420 g/mol. The highest BCUT2D eigenvalue weighted by Gasteiger charge is 2.28. The van der Waals surface area contributed by atoms with Crippen LogP contribution in [0.1, 0.15) is 27.2 Å². The van der Waals surface area contributed by atoms with Crippen LogP contribution in [0.4, 0.5) is 0 Å². The zero-order valence-electron chi connectivity index (χ0n) is 16.5. The number of para-hydroxylation sites is 1. The van der Waals surface area contributed by atoms with Crippen molar-refractivity contribution >= 4 is 34.6 Å². The predicted octanol–water partition coefficient (Wildman–Crippen LogP) is 5.25. The number of carbonyl (C=O) groups excluding carboxylic acids is 1. The Morgan fingerprint density at radius 3 is 2.87 bits per heavy atom. The molecule has 1 amide bonds. The molecule has 154 valence electrons. The average molecular weight is 441 g/mol. The van der Waals surface area contributed by atoms with Crippen LogP contribution >= 0.6 is 22.9 Å². The van der Waals surface area contributed by atoms with Crippen LogP contribution in [0.2, 0.25) is 5.02 Å². The summed E-state index contributed by atoms with van der Waals surface area (Å²) < 4.78 is 5.44. The van der Waals surface area contributed by atoms with Gasteiger partial charge < -0.3 is 14.5 Å². The molecule has 0 N–H and O–H groups in total. The normalized spacial score (nSPS) is 15.4. The van der Waals surface area contributed by atoms with Gasteiger partial charge in [0.25, 0.3) is 5.91 Å². The van der Waals surface area contributed by atoms with Crippen molar-refractivity contribution in [3.63, 3.8) is 0 Å². The fraction of sp³-hybridized carbons (Fsp3) is 0.217. The van der Waals surface area contributed by atoms with Gasteiger partial charge in [0.2, 0.25) is 0 Å². The number of benzene rings is 2. The minimum atomic E-state index is -0.229. The first-order valence-corrected chi connectivity index (χ1v) is 10.8. The van der Waals surface area contributed by atoms with Gasteiger partial charge in [-0.15, -0.1) is 11.3 Å². The quantitative estimate of drug-likeness (QED) is 0.504. The first-order chi connectivity index (χ1) is 14.6. The Bertz CT molecular complexity index is 1050. The maximum absolute atomic E-state index is 13.1. The summed E-state index contributed by atoms with van der Waals surface area (Å²) in [6.07, 6.45) is 0.373. The second kappa shape index (κ2) is 9.32. The molecule has 5 nitrogen and oxygen atoms in total. The van der Waals surface area contributed by atoms with Crippen molar-refractivity contribution in [2.75, 3.05) is 13.7 Å². The number of hydrogen-bond donors (Lipinski definition) is 0. The van der Waals surface area contributed by atoms with Crippen LogP contribution < -0.4 is 4.74 Å². The topological polar surface area (TPSA) is 51.1 Å². The van der Waals surface area contributed by atoms with Gasteiger partial charge in [0.05, 0.1) is 24.2 Å². The summed E-state index contributed by atoms with van der Waals surface area (Å²) in [5, 5.41) is 6.82. The Kier molecular flexibility index (Phi) is 6.35. The van der Waals surface area contributed by atoms with Crippen LogP contribution in [0.3, 0.4) is 0 Å². The van der Waals surface area contributed by atoms with Crippen molar-refractivity contribution in [2.24, 2.45) is 5.16 Å². The summed E-state index contributed by atoms with van der Waals surface area (Å²) in [6, 6.07) is 19.0. The van der Waals surface area contributed by atoms with E-state index in [0.29, 0.717) is 29.4 Å². The molecule has 2 heterocycles. The molecule has 30 heavy (non-hydrogen) atoms. The van der Waals surface area contributed by atoms with E-state index in [1.54, 1.807) is 12.0 Å². The number of hydrogen-bond acceptors (Lipinski definition) is 5. The highest BCUT2D eigenvalue weighted by molar-refractivity contribution is 7.12. The summed E-state index contributed by atoms with van der Waals surface area (Å²) in [4.78, 5) is 21.3. The molecule has 0 fully saturated rings. The van der Waals surface area contributed by atoms with Crippen LogP contribution in [0.15, 0.2) is 71.2 Å². The third kappa shape index (κ3) is 4.66. The van der Waals surface area contributed by atoms with Crippen LogP contribution in [0.5, 0.6) is 5.75 Å². The molecule has 1 aliphatic rings. The van der Waals surface area contributed by atoms with Crippen LogP contribution in [0.25, 0.3) is 0 Å². The highest BCUT2D eigenvalue weighted by Crippen LogP contribution is 2.26. The summed E-state index contributed by atoms with van der Waals surface area (Å²) >= 11 is 7.57. The fourth-order valence-electron chi connectivity index (χ4n) is 3.45. The van der Waals surface area contributed by atoms with Crippen molar-refractivity contribution in [3.8, 4) is 5.75 Å². The molecule has 0 radical (unpaired) electrons. The van der Waals surface area contributed by atoms with Gasteiger partial charge in [0, 0.05) is 23.6 Å². The molecule has 1 atom stereocenters. The average Bonchev–Trinajstić information content (AvgIpc) is 3.45. The maximum atomic E-state index is 13.1. The lowest BCUT2D eigenvalue weighted by Crippen LogP contribution is -2.37. The zero-order chi connectivity index (χ0) is 20.9. The lowest BCUT2D eigenvalue weighted by Gasteiger charge is -2.24. The Morgan fingerprint density at radius 2 is 2.10 bits per heavy atom. The molecule has 0 spiro atoms. The van der Waals surface area contributed by atoms with Crippen molar-refractivity contribution in [1.82, 2.24) is 4.90 Å². The summed E-state index contributed by atoms with van der Waals surface area (Å²) in [5.74, 6) is 0.727. The number of oxime groups is 1. The largest absolute Gasteiger partial charge is 0.496 e. The first-order valence-electron chi connectivity index (χ1n) is 9.57. The second-order valence-electron chi connectivity index (χ2n) is 6.96. The molecule has 0 saturated heterocycles. The molecule has 0 bridgehead atoms. The van der Waals surface area contributed by atoms with E-state index in [1.165, 1.54) is 11.3 Å². The molecular formula is C23H21ClN2O3S. The molecule has 1 aliphatic heterocycles. The van der Waals surface area contributed by atoms with Crippen molar-refractivity contribution in [2.45, 2.75) is 19.1 Å². The van der Waals surface area contributed by atoms with E-state index >= 15 is 0 Å². The molecule has 0 aliphatic carbocycles. The fourth-order valence-corrected chi connectivity index (χ4v) is 4.35. The third-order valence-electron chi connectivity index (χ3n) is 4.86. The zero-order valence-corrected chi connectivity index (χ0v) is 18.0. The van der Waals surface area contributed by atoms with E-state index in [9.17, 15) is 4.79 Å². The minimum absolute atomic E-state index is 0.0284. The van der Waals surface area contributed by atoms with E-state index in [-0.39, 0.29) is 12.0 Å². The Morgan fingerprint density at radius 1 is 1.23 bits per heavy atom. The SMILES string of the molecule is COc1ccccc1C1=NOC(CN(Cc2cccc(Cl)c2)C(=O)c2cccs2)C1. The number of nitrogens with zero attached hydrogens (tertiary/aromatic N) is 2. The summed E-state index contributed by atoms with van der Waals surface area (Å²) in [7, 11) is 1.64. The minimum Gasteiger partial charge on any atom is -0.496 e. The Balaban J connectivity index is 1.50. The van der Waals surface area contributed by atoms with E-state index < -0.39 is 0 Å². The number of halogens is 1. The number of carbonyl (C=O) groups is 1. The van der Waals surface area contributed by atoms with E-state index in [1.807, 2.05) is 66.0 Å². The van der Waals surface area contributed by atoms with Crippen molar-refractivity contribution < 1.29 is 14.4 Å². The summed E-state index contributed by atoms with van der Waals surface area (Å²) in [6.45, 7) is 0.868. The number of thiophene rings is 1. The molecule has 1 aromatic heterocycles. The molecule has 7 heteroatoms. The van der Waals surface area contributed by atoms with Gasteiger partial charge in [0.1, 0.15) is 5.75 Å². The summed E-state index contributed by atoms with van der Waals surface area (Å²) in [5.41, 5.74) is 2.70. The van der Waals surface area contributed by atoms with Gasteiger partial charge in [-0.05, 0) is 41.3 Å². The monoisotopic (exact) mass is 440 g/mol. The van der Waals surface area contributed by atoms with E-state index in [0.717, 1.165) is 22.6 Å². The maximum Gasteiger partial charge on any atom is 0.264 e. The van der Waals surface area contributed by atoms with Crippen LogP contribution in [0, 0.1) is 0 Å².